The van der Waals surface area contributed by atoms with Crippen LogP contribution in [0.15, 0.2) is 18.2 Å². The molecule has 0 heterocycles. The zero-order chi connectivity index (χ0) is 14.7. The summed E-state index contributed by atoms with van der Waals surface area (Å²) in [6, 6.07) is 5.84. The highest BCUT2D eigenvalue weighted by atomic mass is 16.5. The van der Waals surface area contributed by atoms with E-state index >= 15 is 0 Å². The van der Waals surface area contributed by atoms with Crippen LogP contribution in [0.1, 0.15) is 24.0 Å². The summed E-state index contributed by atoms with van der Waals surface area (Å²) in [6.45, 7) is 3.47. The number of hydrogen-bond donors (Lipinski definition) is 1. The minimum Gasteiger partial charge on any atom is -0.483 e. The number of carbonyl (C=O) groups excluding carboxylic acids is 1. The van der Waals surface area contributed by atoms with Crippen LogP contribution >= 0.6 is 0 Å². The fourth-order valence-corrected chi connectivity index (χ4v) is 2.20. The van der Waals surface area contributed by atoms with Crippen molar-refractivity contribution >= 4 is 11.9 Å². The van der Waals surface area contributed by atoms with Crippen LogP contribution in [0.2, 0.25) is 0 Å². The minimum absolute atomic E-state index is 0.0696. The van der Waals surface area contributed by atoms with E-state index in [0.29, 0.717) is 5.75 Å². The van der Waals surface area contributed by atoms with Crippen LogP contribution in [0.5, 0.6) is 5.75 Å². The van der Waals surface area contributed by atoms with Gasteiger partial charge in [0, 0.05) is 6.04 Å². The molecule has 2 rings (SSSR count). The summed E-state index contributed by atoms with van der Waals surface area (Å²) < 4.78 is 5.59. The zero-order valence-electron chi connectivity index (χ0n) is 11.8. The van der Waals surface area contributed by atoms with Gasteiger partial charge in [-0.25, -0.2) is 0 Å². The van der Waals surface area contributed by atoms with Crippen molar-refractivity contribution in [1.29, 1.82) is 0 Å². The molecule has 20 heavy (non-hydrogen) atoms. The first kappa shape index (κ1) is 14.4. The second-order valence-corrected chi connectivity index (χ2v) is 5.16. The second kappa shape index (κ2) is 5.94. The van der Waals surface area contributed by atoms with Gasteiger partial charge in [0.05, 0.1) is 0 Å². The predicted molar refractivity (Wildman–Crippen MR) is 73.8 cm³/mol. The van der Waals surface area contributed by atoms with Gasteiger partial charge in [-0.3, -0.25) is 9.59 Å². The third-order valence-corrected chi connectivity index (χ3v) is 3.36. The van der Waals surface area contributed by atoms with Crippen molar-refractivity contribution in [2.24, 2.45) is 0 Å². The van der Waals surface area contributed by atoms with E-state index in [2.05, 4.69) is 0 Å². The van der Waals surface area contributed by atoms with Gasteiger partial charge in [-0.1, -0.05) is 18.2 Å². The largest absolute Gasteiger partial charge is 0.483 e. The molecular weight excluding hydrogens is 258 g/mol. The molecule has 0 spiro atoms. The Hall–Kier alpha value is -2.04. The Balaban J connectivity index is 1.98. The Morgan fingerprint density at radius 2 is 1.90 bits per heavy atom. The quantitative estimate of drug-likeness (QED) is 0.860. The topological polar surface area (TPSA) is 66.8 Å². The lowest BCUT2D eigenvalue weighted by atomic mass is 10.1. The van der Waals surface area contributed by atoms with Gasteiger partial charge in [0.2, 0.25) is 0 Å². The summed E-state index contributed by atoms with van der Waals surface area (Å²) in [5, 5.41) is 8.85. The van der Waals surface area contributed by atoms with Crippen LogP contribution < -0.4 is 4.74 Å². The van der Waals surface area contributed by atoms with E-state index in [4.69, 9.17) is 9.84 Å². The average molecular weight is 277 g/mol. The number of carboxylic acids is 1. The fraction of sp³-hybridized carbons (Fsp3) is 0.467. The van der Waals surface area contributed by atoms with Crippen molar-refractivity contribution < 1.29 is 19.4 Å². The normalized spacial score (nSPS) is 13.9. The lowest BCUT2D eigenvalue weighted by Crippen LogP contribution is -2.40. The average Bonchev–Trinajstić information content (AvgIpc) is 3.19. The number of carbonyl (C=O) groups is 2. The second-order valence-electron chi connectivity index (χ2n) is 5.16. The van der Waals surface area contributed by atoms with Crippen LogP contribution in [0, 0.1) is 13.8 Å². The number of carboxylic acid groups (broad SMARTS) is 1. The number of nitrogens with zero attached hydrogens (tertiary/aromatic N) is 1. The van der Waals surface area contributed by atoms with Crippen LogP contribution in [-0.4, -0.2) is 41.1 Å². The molecule has 1 aliphatic rings. The first-order valence-corrected chi connectivity index (χ1v) is 6.69. The van der Waals surface area contributed by atoms with Crippen molar-refractivity contribution in [2.75, 3.05) is 13.2 Å². The molecule has 108 valence electrons. The Kier molecular flexibility index (Phi) is 4.27. The highest BCUT2D eigenvalue weighted by Gasteiger charge is 2.33. The number of benzene rings is 1. The van der Waals surface area contributed by atoms with E-state index in [-0.39, 0.29) is 25.1 Å². The molecule has 1 N–H and O–H groups in total. The van der Waals surface area contributed by atoms with E-state index in [0.717, 1.165) is 24.0 Å². The standard InChI is InChI=1S/C15H19NO4/c1-10-4-3-5-11(2)15(10)20-9-13(17)16(8-14(18)19)12-6-7-12/h3-5,12H,6-9H2,1-2H3,(H,18,19). The SMILES string of the molecule is Cc1cccc(C)c1OCC(=O)N(CC(=O)O)C1CC1. The number of aliphatic carboxylic acids is 1. The maximum Gasteiger partial charge on any atom is 0.323 e. The zero-order valence-corrected chi connectivity index (χ0v) is 11.8. The molecule has 0 aromatic heterocycles. The molecule has 0 bridgehead atoms. The van der Waals surface area contributed by atoms with Gasteiger partial charge in [0.15, 0.2) is 6.61 Å². The summed E-state index contributed by atoms with van der Waals surface area (Å²) in [4.78, 5) is 24.3. The molecule has 1 amide bonds. The van der Waals surface area contributed by atoms with Crippen molar-refractivity contribution in [3.05, 3.63) is 29.3 Å². The molecule has 0 saturated heterocycles. The van der Waals surface area contributed by atoms with Crippen LogP contribution in [0.25, 0.3) is 0 Å². The summed E-state index contributed by atoms with van der Waals surface area (Å²) in [5.41, 5.74) is 1.93. The van der Waals surface area contributed by atoms with Crippen LogP contribution in [0.4, 0.5) is 0 Å². The van der Waals surface area contributed by atoms with Crippen molar-refractivity contribution in [1.82, 2.24) is 4.90 Å². The molecule has 1 aliphatic carbocycles. The molecule has 5 nitrogen and oxygen atoms in total. The monoisotopic (exact) mass is 277 g/mol. The van der Waals surface area contributed by atoms with Crippen LogP contribution in [0.3, 0.4) is 0 Å². The van der Waals surface area contributed by atoms with Crippen molar-refractivity contribution in [3.63, 3.8) is 0 Å². The highest BCUT2D eigenvalue weighted by Crippen LogP contribution is 2.27. The lowest BCUT2D eigenvalue weighted by Gasteiger charge is -2.21. The van der Waals surface area contributed by atoms with Crippen LogP contribution in [-0.2, 0) is 9.59 Å². The van der Waals surface area contributed by atoms with Gasteiger partial charge in [-0.15, -0.1) is 0 Å². The Morgan fingerprint density at radius 1 is 1.30 bits per heavy atom. The molecule has 0 unspecified atom stereocenters. The molecular formula is C15H19NO4. The molecule has 1 aromatic rings. The first-order valence-electron chi connectivity index (χ1n) is 6.69. The first-order chi connectivity index (χ1) is 9.49. The lowest BCUT2D eigenvalue weighted by molar-refractivity contribution is -0.145. The Morgan fingerprint density at radius 3 is 2.40 bits per heavy atom. The summed E-state index contributed by atoms with van der Waals surface area (Å²) in [7, 11) is 0. The number of hydrogen-bond acceptors (Lipinski definition) is 3. The summed E-state index contributed by atoms with van der Waals surface area (Å²) in [5.74, 6) is -0.554. The molecule has 0 radical (unpaired) electrons. The van der Waals surface area contributed by atoms with Gasteiger partial charge in [0.25, 0.3) is 5.91 Å². The number of rotatable bonds is 6. The molecule has 1 aromatic carbocycles. The summed E-state index contributed by atoms with van der Waals surface area (Å²) in [6.07, 6.45) is 1.75. The van der Waals surface area contributed by atoms with Gasteiger partial charge in [-0.2, -0.15) is 0 Å². The molecule has 1 fully saturated rings. The maximum atomic E-state index is 12.1. The van der Waals surface area contributed by atoms with Gasteiger partial charge in [0.1, 0.15) is 12.3 Å². The summed E-state index contributed by atoms with van der Waals surface area (Å²) >= 11 is 0. The molecule has 0 aliphatic heterocycles. The van der Waals surface area contributed by atoms with E-state index in [1.807, 2.05) is 32.0 Å². The van der Waals surface area contributed by atoms with E-state index in [1.54, 1.807) is 0 Å². The molecule has 1 saturated carbocycles. The van der Waals surface area contributed by atoms with Crippen molar-refractivity contribution in [2.45, 2.75) is 32.7 Å². The number of amides is 1. The van der Waals surface area contributed by atoms with E-state index < -0.39 is 5.97 Å². The highest BCUT2D eigenvalue weighted by molar-refractivity contribution is 5.83. The predicted octanol–water partition coefficient (Wildman–Crippen LogP) is 1.76. The maximum absolute atomic E-state index is 12.1. The van der Waals surface area contributed by atoms with Crippen molar-refractivity contribution in [3.8, 4) is 5.75 Å². The van der Waals surface area contributed by atoms with E-state index in [1.165, 1.54) is 4.90 Å². The number of aryl methyl sites for hydroxylation is 2. The molecule has 5 heteroatoms. The number of ether oxygens (including phenoxy) is 1. The van der Waals surface area contributed by atoms with Gasteiger partial charge < -0.3 is 14.7 Å². The van der Waals surface area contributed by atoms with E-state index in [9.17, 15) is 9.59 Å². The fourth-order valence-electron chi connectivity index (χ4n) is 2.20. The Bertz CT molecular complexity index is 502. The third kappa shape index (κ3) is 3.50. The van der Waals surface area contributed by atoms with Gasteiger partial charge >= 0.3 is 5.97 Å². The smallest absolute Gasteiger partial charge is 0.323 e. The minimum atomic E-state index is -0.989. The Labute approximate surface area is 118 Å². The number of para-hydroxylation sites is 1. The molecule has 0 atom stereocenters. The third-order valence-electron chi connectivity index (χ3n) is 3.36. The van der Waals surface area contributed by atoms with Gasteiger partial charge in [-0.05, 0) is 37.8 Å².